The van der Waals surface area contributed by atoms with Crippen molar-refractivity contribution < 1.29 is 9.90 Å². The Bertz CT molecular complexity index is 1260. The van der Waals surface area contributed by atoms with Gasteiger partial charge in [-0.3, -0.25) is 9.78 Å². The van der Waals surface area contributed by atoms with E-state index in [1.165, 1.54) is 16.7 Å². The minimum absolute atomic E-state index is 0.0543. The second-order valence-electron chi connectivity index (χ2n) is 10.1. The van der Waals surface area contributed by atoms with E-state index in [0.717, 1.165) is 31.2 Å². The minimum atomic E-state index is -0.900. The molecule has 3 aromatic rings. The van der Waals surface area contributed by atoms with Crippen molar-refractivity contribution in [2.75, 3.05) is 0 Å². The van der Waals surface area contributed by atoms with Gasteiger partial charge in [-0.2, -0.15) is 0 Å². The number of aryl methyl sites for hydroxylation is 1. The number of benzene rings is 2. The molecule has 0 saturated heterocycles. The van der Waals surface area contributed by atoms with Crippen LogP contribution in [0.4, 0.5) is 0 Å². The Labute approximate surface area is 207 Å². The number of nitrogens with zero attached hydrogens (tertiary/aromatic N) is 1. The second kappa shape index (κ2) is 9.68. The lowest BCUT2D eigenvalue weighted by Crippen LogP contribution is -2.51. The third-order valence-corrected chi connectivity index (χ3v) is 7.91. The van der Waals surface area contributed by atoms with Gasteiger partial charge in [0.1, 0.15) is 5.60 Å². The molecule has 5 rings (SSSR count). The van der Waals surface area contributed by atoms with Crippen molar-refractivity contribution in [3.05, 3.63) is 101 Å². The fraction of sp³-hybridized carbons (Fsp3) is 0.355. The summed E-state index contributed by atoms with van der Waals surface area (Å²) in [7, 11) is 0. The van der Waals surface area contributed by atoms with Crippen LogP contribution in [0.5, 0.6) is 0 Å². The van der Waals surface area contributed by atoms with E-state index < -0.39 is 5.60 Å². The van der Waals surface area contributed by atoms with Crippen LogP contribution in [0.2, 0.25) is 0 Å². The van der Waals surface area contributed by atoms with Gasteiger partial charge in [-0.25, -0.2) is 0 Å². The van der Waals surface area contributed by atoms with E-state index in [0.29, 0.717) is 30.9 Å². The lowest BCUT2D eigenvalue weighted by Gasteiger charge is -2.52. The second-order valence-corrected chi connectivity index (χ2v) is 10.1. The molecule has 0 radical (unpaired) electrons. The van der Waals surface area contributed by atoms with Crippen LogP contribution >= 0.6 is 0 Å². The highest BCUT2D eigenvalue weighted by molar-refractivity contribution is 5.94. The van der Waals surface area contributed by atoms with Gasteiger partial charge in [0.05, 0.1) is 0 Å². The molecule has 1 fully saturated rings. The first-order valence-electron chi connectivity index (χ1n) is 12.5. The highest BCUT2D eigenvalue weighted by Crippen LogP contribution is 2.54. The van der Waals surface area contributed by atoms with Gasteiger partial charge in [0.15, 0.2) is 0 Å². The number of nitrogens with one attached hydrogen (secondary N) is 1. The van der Waals surface area contributed by atoms with Crippen LogP contribution in [0.3, 0.4) is 0 Å². The topological polar surface area (TPSA) is 62.2 Å². The van der Waals surface area contributed by atoms with E-state index in [1.54, 1.807) is 19.3 Å². The largest absolute Gasteiger partial charge is 0.378 e. The Morgan fingerprint density at radius 2 is 1.94 bits per heavy atom. The molecule has 4 heteroatoms. The van der Waals surface area contributed by atoms with Crippen LogP contribution in [0.25, 0.3) is 0 Å². The predicted octanol–water partition coefficient (Wildman–Crippen LogP) is 4.99. The van der Waals surface area contributed by atoms with E-state index in [9.17, 15) is 9.90 Å². The summed E-state index contributed by atoms with van der Waals surface area (Å²) in [5.41, 5.74) is 4.64. The number of carbonyl (C=O) groups excluding carboxylic acids is 1. The molecule has 0 spiro atoms. The summed E-state index contributed by atoms with van der Waals surface area (Å²) in [6, 6.07) is 20.7. The standard InChI is InChI=1S/C31H32N2O2/c1-2-14-30(35)15-16-31(19-23-7-4-3-5-8-23)27(20-30)12-10-25-18-26(11-13-28(25)31)29(34)33-22-24-9-6-17-32-21-24/h3-9,11,13,17-18,21,27,35H,10,12,15-16,19-20,22H2,1H3,(H,33,34)/t27-,30-,31+/m1/s1. The first-order chi connectivity index (χ1) is 17.0. The van der Waals surface area contributed by atoms with Crippen molar-refractivity contribution in [2.24, 2.45) is 5.92 Å². The molecular formula is C31H32N2O2. The van der Waals surface area contributed by atoms with Crippen LogP contribution in [-0.2, 0) is 24.8 Å². The Balaban J connectivity index is 1.45. The van der Waals surface area contributed by atoms with Crippen LogP contribution in [0.15, 0.2) is 73.1 Å². The molecule has 2 N–H and O–H groups in total. The average molecular weight is 465 g/mol. The number of fused-ring (bicyclic) bond motifs is 3. The maximum Gasteiger partial charge on any atom is 0.251 e. The monoisotopic (exact) mass is 464 g/mol. The lowest BCUT2D eigenvalue weighted by molar-refractivity contribution is -0.00801. The van der Waals surface area contributed by atoms with E-state index in [1.807, 2.05) is 18.2 Å². The van der Waals surface area contributed by atoms with Crippen LogP contribution in [0, 0.1) is 17.8 Å². The van der Waals surface area contributed by atoms with Crippen molar-refractivity contribution in [1.82, 2.24) is 10.3 Å². The number of aromatic nitrogens is 1. The number of hydrogen-bond acceptors (Lipinski definition) is 3. The summed E-state index contributed by atoms with van der Waals surface area (Å²) >= 11 is 0. The SMILES string of the molecule is CC#C[C@@]1(O)CC[C@@]2(Cc3ccccc3)c3ccc(C(=O)NCc4cccnc4)cc3CC[C@@H]2C1. The van der Waals surface area contributed by atoms with Gasteiger partial charge in [0.2, 0.25) is 0 Å². The van der Waals surface area contributed by atoms with E-state index >= 15 is 0 Å². The fourth-order valence-corrected chi connectivity index (χ4v) is 6.25. The minimum Gasteiger partial charge on any atom is -0.378 e. The summed E-state index contributed by atoms with van der Waals surface area (Å²) < 4.78 is 0. The smallest absolute Gasteiger partial charge is 0.251 e. The van der Waals surface area contributed by atoms with Crippen molar-refractivity contribution in [2.45, 2.75) is 63.0 Å². The van der Waals surface area contributed by atoms with Gasteiger partial charge in [0, 0.05) is 29.9 Å². The summed E-state index contributed by atoms with van der Waals surface area (Å²) in [5.74, 6) is 6.33. The molecule has 1 aromatic heterocycles. The van der Waals surface area contributed by atoms with Crippen LogP contribution < -0.4 is 5.32 Å². The van der Waals surface area contributed by atoms with Crippen LogP contribution in [-0.4, -0.2) is 21.6 Å². The molecule has 178 valence electrons. The normalized spacial score (nSPS) is 24.9. The molecule has 0 unspecified atom stereocenters. The Kier molecular flexibility index (Phi) is 6.45. The molecule has 2 aliphatic carbocycles. The van der Waals surface area contributed by atoms with Crippen molar-refractivity contribution in [3.63, 3.8) is 0 Å². The molecule has 4 nitrogen and oxygen atoms in total. The number of pyridine rings is 1. The molecule has 0 bridgehead atoms. The summed E-state index contributed by atoms with van der Waals surface area (Å²) in [4.78, 5) is 17.1. The average Bonchev–Trinajstić information content (AvgIpc) is 2.89. The first kappa shape index (κ1) is 23.3. The highest BCUT2D eigenvalue weighted by atomic mass is 16.3. The van der Waals surface area contributed by atoms with Gasteiger partial charge in [0.25, 0.3) is 5.91 Å². The third-order valence-electron chi connectivity index (χ3n) is 7.91. The third kappa shape index (κ3) is 4.74. The first-order valence-corrected chi connectivity index (χ1v) is 12.5. The van der Waals surface area contributed by atoms with E-state index in [-0.39, 0.29) is 11.3 Å². The Morgan fingerprint density at radius 1 is 1.11 bits per heavy atom. The zero-order chi connectivity index (χ0) is 24.3. The number of amides is 1. The quantitative estimate of drug-likeness (QED) is 0.523. The molecule has 3 atom stereocenters. The molecule has 1 heterocycles. The van der Waals surface area contributed by atoms with E-state index in [4.69, 9.17) is 0 Å². The predicted molar refractivity (Wildman–Crippen MR) is 138 cm³/mol. The number of aliphatic hydroxyl groups is 1. The highest BCUT2D eigenvalue weighted by Gasteiger charge is 2.51. The van der Waals surface area contributed by atoms with Gasteiger partial charge in [-0.05, 0) is 91.8 Å². The molecule has 0 aliphatic heterocycles. The molecule has 1 saturated carbocycles. The van der Waals surface area contributed by atoms with Gasteiger partial charge < -0.3 is 10.4 Å². The van der Waals surface area contributed by atoms with Crippen LogP contribution in [0.1, 0.15) is 65.2 Å². The number of hydrogen-bond donors (Lipinski definition) is 2. The summed E-state index contributed by atoms with van der Waals surface area (Å²) in [6.07, 6.45) is 8.61. The number of carbonyl (C=O) groups is 1. The van der Waals surface area contributed by atoms with E-state index in [2.05, 4.69) is 64.6 Å². The Hall–Kier alpha value is -3.42. The molecule has 2 aromatic carbocycles. The molecular weight excluding hydrogens is 432 g/mol. The lowest BCUT2D eigenvalue weighted by atomic mass is 9.52. The number of rotatable bonds is 5. The summed E-state index contributed by atoms with van der Waals surface area (Å²) in [5, 5.41) is 14.2. The Morgan fingerprint density at radius 3 is 2.71 bits per heavy atom. The van der Waals surface area contributed by atoms with Crippen molar-refractivity contribution >= 4 is 5.91 Å². The molecule has 1 amide bonds. The van der Waals surface area contributed by atoms with Gasteiger partial charge >= 0.3 is 0 Å². The van der Waals surface area contributed by atoms with Gasteiger partial charge in [-0.1, -0.05) is 48.4 Å². The maximum atomic E-state index is 12.9. The van der Waals surface area contributed by atoms with Crippen molar-refractivity contribution in [1.29, 1.82) is 0 Å². The molecule has 35 heavy (non-hydrogen) atoms. The summed E-state index contributed by atoms with van der Waals surface area (Å²) in [6.45, 7) is 2.27. The zero-order valence-electron chi connectivity index (χ0n) is 20.3. The molecule has 2 aliphatic rings. The van der Waals surface area contributed by atoms with Crippen molar-refractivity contribution in [3.8, 4) is 11.8 Å². The maximum absolute atomic E-state index is 12.9. The van der Waals surface area contributed by atoms with Gasteiger partial charge in [-0.15, -0.1) is 5.92 Å². The fourth-order valence-electron chi connectivity index (χ4n) is 6.25. The zero-order valence-corrected chi connectivity index (χ0v) is 20.3.